The van der Waals surface area contributed by atoms with Crippen molar-refractivity contribution in [1.82, 2.24) is 9.78 Å². The van der Waals surface area contributed by atoms with Gasteiger partial charge in [-0.15, -0.1) is 0 Å². The van der Waals surface area contributed by atoms with E-state index in [2.05, 4.69) is 10.4 Å². The number of anilines is 1. The van der Waals surface area contributed by atoms with Crippen LogP contribution in [0.5, 0.6) is 5.75 Å². The molecule has 1 aromatic heterocycles. The molecule has 0 bridgehead atoms. The number of nitrogens with zero attached hydrogens (tertiary/aromatic N) is 2. The third kappa shape index (κ3) is 3.48. The summed E-state index contributed by atoms with van der Waals surface area (Å²) in [5.41, 5.74) is 0.401. The van der Waals surface area contributed by atoms with E-state index >= 15 is 0 Å². The molecule has 1 aromatic carbocycles. The molecule has 0 aliphatic rings. The van der Waals surface area contributed by atoms with Crippen LogP contribution in [0.15, 0.2) is 36.7 Å². The quantitative estimate of drug-likeness (QED) is 0.845. The van der Waals surface area contributed by atoms with Gasteiger partial charge in [0, 0.05) is 6.20 Å². The van der Waals surface area contributed by atoms with Crippen molar-refractivity contribution in [2.24, 2.45) is 5.92 Å². The van der Waals surface area contributed by atoms with Gasteiger partial charge in [0.1, 0.15) is 5.75 Å². The predicted octanol–water partition coefficient (Wildman–Crippen LogP) is 2.52. The van der Waals surface area contributed by atoms with Crippen molar-refractivity contribution < 1.29 is 9.90 Å². The Morgan fingerprint density at radius 1 is 1.53 bits per heavy atom. The number of amides is 1. The number of nitrogens with one attached hydrogen (secondary N) is 1. The third-order valence-electron chi connectivity index (χ3n) is 2.67. The Labute approximate surface area is 115 Å². The molecule has 1 amide bonds. The molecule has 0 saturated carbocycles. The highest BCUT2D eigenvalue weighted by molar-refractivity contribution is 6.30. The smallest absolute Gasteiger partial charge is 0.229 e. The second-order valence-corrected chi connectivity index (χ2v) is 4.72. The van der Waals surface area contributed by atoms with Gasteiger partial charge in [-0.3, -0.25) is 9.48 Å². The van der Waals surface area contributed by atoms with Crippen LogP contribution in [0.4, 0.5) is 5.69 Å². The first-order chi connectivity index (χ1) is 9.06. The monoisotopic (exact) mass is 279 g/mol. The Morgan fingerprint density at radius 2 is 2.26 bits per heavy atom. The minimum absolute atomic E-state index is 0.0465. The van der Waals surface area contributed by atoms with Crippen LogP contribution in [-0.4, -0.2) is 20.8 Å². The summed E-state index contributed by atoms with van der Waals surface area (Å²) in [6, 6.07) is 6.60. The number of hydrogen-bond donors (Lipinski definition) is 2. The minimum atomic E-state index is -0.296. The number of carbonyl (C=O) groups is 1. The summed E-state index contributed by atoms with van der Waals surface area (Å²) in [6.45, 7) is 2.21. The van der Waals surface area contributed by atoms with Gasteiger partial charge in [-0.2, -0.15) is 5.10 Å². The van der Waals surface area contributed by atoms with Crippen molar-refractivity contribution in [3.05, 3.63) is 41.7 Å². The molecular formula is C13H14ClN3O2. The van der Waals surface area contributed by atoms with Crippen LogP contribution in [-0.2, 0) is 11.3 Å². The molecule has 1 atom stereocenters. The molecule has 0 radical (unpaired) electrons. The molecular weight excluding hydrogens is 266 g/mol. The zero-order valence-corrected chi connectivity index (χ0v) is 11.1. The summed E-state index contributed by atoms with van der Waals surface area (Å²) in [4.78, 5) is 12.0. The molecule has 2 N–H and O–H groups in total. The minimum Gasteiger partial charge on any atom is -0.506 e. The SMILES string of the molecule is CC(Cn1cc(Cl)cn1)C(=O)Nc1ccccc1O. The fourth-order valence-electron chi connectivity index (χ4n) is 1.64. The van der Waals surface area contributed by atoms with Gasteiger partial charge in [0.25, 0.3) is 0 Å². The highest BCUT2D eigenvalue weighted by Crippen LogP contribution is 2.22. The Hall–Kier alpha value is -2.01. The molecule has 2 rings (SSSR count). The lowest BCUT2D eigenvalue weighted by Crippen LogP contribution is -2.24. The maximum Gasteiger partial charge on any atom is 0.229 e. The Kier molecular flexibility index (Phi) is 4.06. The fourth-order valence-corrected chi connectivity index (χ4v) is 1.79. The molecule has 1 unspecified atom stereocenters. The van der Waals surface area contributed by atoms with Gasteiger partial charge in [-0.1, -0.05) is 30.7 Å². The largest absolute Gasteiger partial charge is 0.506 e. The maximum atomic E-state index is 12.0. The van der Waals surface area contributed by atoms with Crippen LogP contribution in [0.2, 0.25) is 5.02 Å². The summed E-state index contributed by atoms with van der Waals surface area (Å²) in [7, 11) is 0. The molecule has 0 aliphatic carbocycles. The van der Waals surface area contributed by atoms with E-state index in [-0.39, 0.29) is 17.6 Å². The molecule has 2 aromatic rings. The van der Waals surface area contributed by atoms with Crippen LogP contribution in [0.3, 0.4) is 0 Å². The predicted molar refractivity (Wildman–Crippen MR) is 73.1 cm³/mol. The number of aromatic hydroxyl groups is 1. The first-order valence-corrected chi connectivity index (χ1v) is 6.21. The van der Waals surface area contributed by atoms with Crippen molar-refractivity contribution in [2.45, 2.75) is 13.5 Å². The summed E-state index contributed by atoms with van der Waals surface area (Å²) in [5, 5.41) is 16.8. The Balaban J connectivity index is 1.98. The molecule has 0 spiro atoms. The maximum absolute atomic E-state index is 12.0. The molecule has 19 heavy (non-hydrogen) atoms. The van der Waals surface area contributed by atoms with Crippen molar-refractivity contribution >= 4 is 23.2 Å². The van der Waals surface area contributed by atoms with E-state index in [0.717, 1.165) is 0 Å². The van der Waals surface area contributed by atoms with Crippen molar-refractivity contribution in [1.29, 1.82) is 0 Å². The standard InChI is InChI=1S/C13H14ClN3O2/c1-9(7-17-8-10(14)6-15-17)13(19)16-11-4-2-3-5-12(11)18/h2-6,8-9,18H,7H2,1H3,(H,16,19). The van der Waals surface area contributed by atoms with E-state index in [1.807, 2.05) is 0 Å². The van der Waals surface area contributed by atoms with Crippen LogP contribution < -0.4 is 5.32 Å². The molecule has 1 heterocycles. The fraction of sp³-hybridized carbons (Fsp3) is 0.231. The van der Waals surface area contributed by atoms with Crippen LogP contribution in [0, 0.1) is 5.92 Å². The first-order valence-electron chi connectivity index (χ1n) is 5.83. The van der Waals surface area contributed by atoms with Gasteiger partial charge in [0.2, 0.25) is 5.91 Å². The van der Waals surface area contributed by atoms with Gasteiger partial charge in [-0.25, -0.2) is 0 Å². The molecule has 5 nitrogen and oxygen atoms in total. The first kappa shape index (κ1) is 13.4. The van der Waals surface area contributed by atoms with Crippen LogP contribution in [0.25, 0.3) is 0 Å². The second-order valence-electron chi connectivity index (χ2n) is 4.29. The number of benzene rings is 1. The van der Waals surface area contributed by atoms with Gasteiger partial charge in [-0.05, 0) is 12.1 Å². The topological polar surface area (TPSA) is 67.2 Å². The van der Waals surface area contributed by atoms with Gasteiger partial charge >= 0.3 is 0 Å². The van der Waals surface area contributed by atoms with Crippen molar-refractivity contribution in [3.63, 3.8) is 0 Å². The lowest BCUT2D eigenvalue weighted by atomic mass is 10.1. The Morgan fingerprint density at radius 3 is 2.89 bits per heavy atom. The highest BCUT2D eigenvalue weighted by atomic mass is 35.5. The second kappa shape index (κ2) is 5.75. The van der Waals surface area contributed by atoms with Crippen molar-refractivity contribution in [3.8, 4) is 5.75 Å². The summed E-state index contributed by atoms with van der Waals surface area (Å²) >= 11 is 5.76. The van der Waals surface area contributed by atoms with E-state index in [1.54, 1.807) is 36.0 Å². The van der Waals surface area contributed by atoms with Gasteiger partial charge < -0.3 is 10.4 Å². The number of carbonyl (C=O) groups excluding carboxylic acids is 1. The average molecular weight is 280 g/mol. The normalized spacial score (nSPS) is 12.1. The highest BCUT2D eigenvalue weighted by Gasteiger charge is 2.15. The molecule has 0 fully saturated rings. The van der Waals surface area contributed by atoms with E-state index < -0.39 is 0 Å². The van der Waals surface area contributed by atoms with Crippen molar-refractivity contribution in [2.75, 3.05) is 5.32 Å². The van der Waals surface area contributed by atoms with Crippen LogP contribution >= 0.6 is 11.6 Å². The number of halogens is 1. The Bertz CT molecular complexity index is 583. The van der Waals surface area contributed by atoms with E-state index in [1.165, 1.54) is 12.3 Å². The number of para-hydroxylation sites is 2. The summed E-state index contributed by atoms with van der Waals surface area (Å²) in [5.74, 6) is -0.436. The molecule has 0 aliphatic heterocycles. The lowest BCUT2D eigenvalue weighted by molar-refractivity contribution is -0.119. The number of phenolic OH excluding ortho intramolecular Hbond substituents is 1. The molecule has 0 saturated heterocycles. The zero-order valence-electron chi connectivity index (χ0n) is 10.4. The van der Waals surface area contributed by atoms with Crippen LogP contribution in [0.1, 0.15) is 6.92 Å². The molecule has 6 heteroatoms. The van der Waals surface area contributed by atoms with E-state index in [0.29, 0.717) is 17.3 Å². The number of hydrogen-bond acceptors (Lipinski definition) is 3. The number of phenols is 1. The number of aromatic nitrogens is 2. The van der Waals surface area contributed by atoms with E-state index in [9.17, 15) is 9.90 Å². The summed E-state index contributed by atoms with van der Waals surface area (Å²) in [6.07, 6.45) is 3.18. The third-order valence-corrected chi connectivity index (χ3v) is 2.87. The van der Waals surface area contributed by atoms with E-state index in [4.69, 9.17) is 11.6 Å². The summed E-state index contributed by atoms with van der Waals surface area (Å²) < 4.78 is 1.61. The molecule has 100 valence electrons. The van der Waals surface area contributed by atoms with Gasteiger partial charge in [0.15, 0.2) is 0 Å². The zero-order chi connectivity index (χ0) is 13.8. The van der Waals surface area contributed by atoms with Gasteiger partial charge in [0.05, 0.1) is 29.4 Å². The average Bonchev–Trinajstić information content (AvgIpc) is 2.77. The number of rotatable bonds is 4. The lowest BCUT2D eigenvalue weighted by Gasteiger charge is -2.13.